The van der Waals surface area contributed by atoms with Crippen molar-refractivity contribution in [2.75, 3.05) is 19.6 Å². The van der Waals surface area contributed by atoms with Gasteiger partial charge in [0.05, 0.1) is 19.4 Å². The Morgan fingerprint density at radius 1 is 1.18 bits per heavy atom. The zero-order valence-electron chi connectivity index (χ0n) is 12.5. The molecule has 0 saturated heterocycles. The molecule has 0 spiro atoms. The third-order valence-electron chi connectivity index (χ3n) is 3.84. The maximum Gasteiger partial charge on any atom is 0.234 e. The Kier molecular flexibility index (Phi) is 4.71. The topological polar surface area (TPSA) is 45.5 Å². The monoisotopic (exact) mass is 296 g/mol. The van der Waals surface area contributed by atoms with Gasteiger partial charge >= 0.3 is 0 Å². The number of nitrogens with zero attached hydrogens (tertiary/aromatic N) is 1. The van der Waals surface area contributed by atoms with Gasteiger partial charge in [-0.05, 0) is 29.7 Å². The van der Waals surface area contributed by atoms with Crippen LogP contribution in [0, 0.1) is 0 Å². The molecular formula is C18H20N2O2. The lowest BCUT2D eigenvalue weighted by atomic mass is 10.00. The van der Waals surface area contributed by atoms with Crippen molar-refractivity contribution in [1.82, 2.24) is 10.2 Å². The number of carbonyl (C=O) groups excluding carboxylic acids is 1. The van der Waals surface area contributed by atoms with Crippen LogP contribution in [0.15, 0.2) is 59.2 Å². The van der Waals surface area contributed by atoms with Gasteiger partial charge in [-0.2, -0.15) is 0 Å². The highest BCUT2D eigenvalue weighted by Crippen LogP contribution is 2.21. The molecule has 1 N–H and O–H groups in total. The summed E-state index contributed by atoms with van der Waals surface area (Å²) in [7, 11) is 0. The highest BCUT2D eigenvalue weighted by Gasteiger charge is 2.15. The maximum atomic E-state index is 11.9. The summed E-state index contributed by atoms with van der Waals surface area (Å²) in [6.45, 7) is 2.61. The van der Waals surface area contributed by atoms with Crippen molar-refractivity contribution in [1.29, 1.82) is 0 Å². The lowest BCUT2D eigenvalue weighted by molar-refractivity contribution is -0.122. The van der Waals surface area contributed by atoms with Crippen LogP contribution in [0.3, 0.4) is 0 Å². The normalized spacial score (nSPS) is 15.4. The average Bonchev–Trinajstić information content (AvgIpc) is 3.08. The van der Waals surface area contributed by atoms with Gasteiger partial charge in [-0.15, -0.1) is 0 Å². The maximum absolute atomic E-state index is 11.9. The van der Waals surface area contributed by atoms with Crippen molar-refractivity contribution >= 4 is 11.5 Å². The SMILES string of the molecule is O=C(CN1CC=C(c2ccccc2)CC1)NCc1ccco1. The molecule has 22 heavy (non-hydrogen) atoms. The van der Waals surface area contributed by atoms with Crippen molar-refractivity contribution in [3.8, 4) is 0 Å². The van der Waals surface area contributed by atoms with E-state index < -0.39 is 0 Å². The first-order valence-electron chi connectivity index (χ1n) is 7.57. The predicted molar refractivity (Wildman–Crippen MR) is 86.0 cm³/mol. The molecule has 1 aliphatic rings. The Morgan fingerprint density at radius 2 is 2.05 bits per heavy atom. The summed E-state index contributed by atoms with van der Waals surface area (Å²) in [4.78, 5) is 14.1. The summed E-state index contributed by atoms with van der Waals surface area (Å²) >= 11 is 0. The van der Waals surface area contributed by atoms with Crippen molar-refractivity contribution in [2.45, 2.75) is 13.0 Å². The Labute approximate surface area is 130 Å². The first kappa shape index (κ1) is 14.6. The summed E-state index contributed by atoms with van der Waals surface area (Å²) in [6, 6.07) is 14.1. The molecule has 0 atom stereocenters. The van der Waals surface area contributed by atoms with Gasteiger partial charge in [0, 0.05) is 13.1 Å². The summed E-state index contributed by atoms with van der Waals surface area (Å²) in [5.74, 6) is 0.811. The number of furan rings is 1. The molecule has 0 saturated carbocycles. The van der Waals surface area contributed by atoms with Crippen LogP contribution in [0.1, 0.15) is 17.7 Å². The molecule has 2 aromatic rings. The number of hydrogen-bond donors (Lipinski definition) is 1. The standard InChI is InChI=1S/C18H20N2O2/c21-18(19-13-17-7-4-12-22-17)14-20-10-8-16(9-11-20)15-5-2-1-3-6-15/h1-8,12H,9-11,13-14H2,(H,19,21). The molecule has 2 heterocycles. The van der Waals surface area contributed by atoms with Crippen LogP contribution < -0.4 is 5.32 Å². The van der Waals surface area contributed by atoms with E-state index in [1.807, 2.05) is 18.2 Å². The lowest BCUT2D eigenvalue weighted by Gasteiger charge is -2.25. The van der Waals surface area contributed by atoms with Crippen molar-refractivity contribution in [3.05, 3.63) is 66.1 Å². The van der Waals surface area contributed by atoms with Gasteiger partial charge in [-0.1, -0.05) is 36.4 Å². The van der Waals surface area contributed by atoms with Crippen LogP contribution in [0.25, 0.3) is 5.57 Å². The first-order chi connectivity index (χ1) is 10.8. The van der Waals surface area contributed by atoms with Gasteiger partial charge in [-0.3, -0.25) is 9.69 Å². The second kappa shape index (κ2) is 7.09. The molecule has 0 aliphatic carbocycles. The van der Waals surface area contributed by atoms with Gasteiger partial charge in [0.2, 0.25) is 5.91 Å². The van der Waals surface area contributed by atoms with E-state index in [1.54, 1.807) is 6.26 Å². The number of benzene rings is 1. The molecule has 0 radical (unpaired) electrons. The summed E-state index contributed by atoms with van der Waals surface area (Å²) in [6.07, 6.45) is 4.82. The third kappa shape index (κ3) is 3.86. The number of nitrogens with one attached hydrogen (secondary N) is 1. The van der Waals surface area contributed by atoms with Gasteiger partial charge in [-0.25, -0.2) is 0 Å². The zero-order valence-corrected chi connectivity index (χ0v) is 12.5. The van der Waals surface area contributed by atoms with Crippen molar-refractivity contribution in [2.24, 2.45) is 0 Å². The first-order valence-corrected chi connectivity index (χ1v) is 7.57. The molecule has 1 amide bonds. The molecule has 114 valence electrons. The molecular weight excluding hydrogens is 276 g/mol. The van der Waals surface area contributed by atoms with Crippen molar-refractivity contribution < 1.29 is 9.21 Å². The molecule has 1 aromatic carbocycles. The quantitative estimate of drug-likeness (QED) is 0.922. The van der Waals surface area contributed by atoms with Crippen LogP contribution in [0.4, 0.5) is 0 Å². The predicted octanol–water partition coefficient (Wildman–Crippen LogP) is 2.69. The zero-order chi connectivity index (χ0) is 15.2. The van der Waals surface area contributed by atoms with E-state index in [0.717, 1.165) is 25.3 Å². The Hall–Kier alpha value is -2.33. The Morgan fingerprint density at radius 3 is 2.73 bits per heavy atom. The minimum absolute atomic E-state index is 0.0351. The summed E-state index contributed by atoms with van der Waals surface area (Å²) in [5, 5.41) is 2.88. The summed E-state index contributed by atoms with van der Waals surface area (Å²) in [5.41, 5.74) is 2.65. The third-order valence-corrected chi connectivity index (χ3v) is 3.84. The molecule has 4 heteroatoms. The van der Waals surface area contributed by atoms with E-state index in [4.69, 9.17) is 4.42 Å². The van der Waals surface area contributed by atoms with E-state index in [-0.39, 0.29) is 5.91 Å². The van der Waals surface area contributed by atoms with Crippen LogP contribution in [-0.2, 0) is 11.3 Å². The van der Waals surface area contributed by atoms with Gasteiger partial charge in [0.15, 0.2) is 0 Å². The second-order valence-electron chi connectivity index (χ2n) is 5.44. The molecule has 1 aliphatic heterocycles. The minimum atomic E-state index is 0.0351. The Balaban J connectivity index is 1.47. The molecule has 3 rings (SSSR count). The molecule has 4 nitrogen and oxygen atoms in total. The van der Waals surface area contributed by atoms with Crippen molar-refractivity contribution in [3.63, 3.8) is 0 Å². The van der Waals surface area contributed by atoms with Gasteiger partial charge in [0.25, 0.3) is 0 Å². The minimum Gasteiger partial charge on any atom is -0.467 e. The van der Waals surface area contributed by atoms with Crippen LogP contribution in [-0.4, -0.2) is 30.4 Å². The molecule has 1 aromatic heterocycles. The fraction of sp³-hybridized carbons (Fsp3) is 0.278. The largest absolute Gasteiger partial charge is 0.467 e. The van der Waals surface area contributed by atoms with E-state index in [0.29, 0.717) is 13.1 Å². The molecule has 0 unspecified atom stereocenters. The van der Waals surface area contributed by atoms with E-state index in [2.05, 4.69) is 40.6 Å². The smallest absolute Gasteiger partial charge is 0.234 e. The van der Waals surface area contributed by atoms with Gasteiger partial charge < -0.3 is 9.73 Å². The van der Waals surface area contributed by atoms with E-state index in [1.165, 1.54) is 11.1 Å². The van der Waals surface area contributed by atoms with Crippen LogP contribution in [0.5, 0.6) is 0 Å². The average molecular weight is 296 g/mol. The van der Waals surface area contributed by atoms with E-state index >= 15 is 0 Å². The highest BCUT2D eigenvalue weighted by atomic mass is 16.3. The van der Waals surface area contributed by atoms with Gasteiger partial charge in [0.1, 0.15) is 5.76 Å². The second-order valence-corrected chi connectivity index (χ2v) is 5.44. The number of rotatable bonds is 5. The van der Waals surface area contributed by atoms with Crippen LogP contribution >= 0.6 is 0 Å². The molecule has 0 bridgehead atoms. The number of amides is 1. The number of carbonyl (C=O) groups is 1. The fourth-order valence-corrected chi connectivity index (χ4v) is 2.63. The highest BCUT2D eigenvalue weighted by molar-refractivity contribution is 5.78. The number of hydrogen-bond acceptors (Lipinski definition) is 3. The van der Waals surface area contributed by atoms with Crippen LogP contribution in [0.2, 0.25) is 0 Å². The summed E-state index contributed by atoms with van der Waals surface area (Å²) < 4.78 is 5.20. The van der Waals surface area contributed by atoms with E-state index in [9.17, 15) is 4.79 Å². The fourth-order valence-electron chi connectivity index (χ4n) is 2.63. The molecule has 0 fully saturated rings. The lowest BCUT2D eigenvalue weighted by Crippen LogP contribution is -2.38. The Bertz CT molecular complexity index is 632.